The van der Waals surface area contributed by atoms with Crippen molar-refractivity contribution in [3.63, 3.8) is 0 Å². The van der Waals surface area contributed by atoms with Gasteiger partial charge >= 0.3 is 0 Å². The molecule has 1 saturated carbocycles. The van der Waals surface area contributed by atoms with Gasteiger partial charge in [-0.2, -0.15) is 0 Å². The van der Waals surface area contributed by atoms with Gasteiger partial charge in [-0.3, -0.25) is 4.79 Å². The van der Waals surface area contributed by atoms with Crippen LogP contribution in [0, 0.1) is 5.92 Å². The Kier molecular flexibility index (Phi) is 5.22. The Morgan fingerprint density at radius 2 is 1.84 bits per heavy atom. The maximum atomic E-state index is 12.8. The van der Waals surface area contributed by atoms with E-state index in [4.69, 9.17) is 0 Å². The molecule has 0 radical (unpaired) electrons. The van der Waals surface area contributed by atoms with Gasteiger partial charge in [-0.25, -0.2) is 0 Å². The van der Waals surface area contributed by atoms with Crippen LogP contribution in [0.2, 0.25) is 0 Å². The van der Waals surface area contributed by atoms with Crippen molar-refractivity contribution in [2.24, 2.45) is 5.92 Å². The van der Waals surface area contributed by atoms with Gasteiger partial charge in [0.1, 0.15) is 0 Å². The second-order valence-corrected chi connectivity index (χ2v) is 6.41. The quantitative estimate of drug-likeness (QED) is 0.816. The molecular formula is C15H29N3O. The van der Waals surface area contributed by atoms with E-state index in [2.05, 4.69) is 36.1 Å². The molecule has 0 spiro atoms. The molecule has 0 aromatic heterocycles. The third kappa shape index (κ3) is 3.69. The summed E-state index contributed by atoms with van der Waals surface area (Å²) in [5, 5.41) is 3.40. The summed E-state index contributed by atoms with van der Waals surface area (Å²) < 4.78 is 0. The van der Waals surface area contributed by atoms with Crippen LogP contribution in [0.15, 0.2) is 0 Å². The lowest BCUT2D eigenvalue weighted by Gasteiger charge is -2.33. The van der Waals surface area contributed by atoms with Gasteiger partial charge in [0.05, 0.1) is 5.92 Å². The van der Waals surface area contributed by atoms with E-state index in [9.17, 15) is 4.79 Å². The van der Waals surface area contributed by atoms with Crippen LogP contribution in [0.5, 0.6) is 0 Å². The monoisotopic (exact) mass is 267 g/mol. The number of carbonyl (C=O) groups excluding carboxylic acids is 1. The van der Waals surface area contributed by atoms with Crippen molar-refractivity contribution in [1.29, 1.82) is 0 Å². The van der Waals surface area contributed by atoms with Gasteiger partial charge in [0.15, 0.2) is 0 Å². The molecule has 4 nitrogen and oxygen atoms in total. The highest BCUT2D eigenvalue weighted by atomic mass is 16.2. The van der Waals surface area contributed by atoms with Gasteiger partial charge in [0.25, 0.3) is 0 Å². The molecule has 2 fully saturated rings. The third-order valence-electron chi connectivity index (χ3n) is 4.68. The van der Waals surface area contributed by atoms with Crippen molar-refractivity contribution in [2.45, 2.75) is 51.1 Å². The number of hydrogen-bond acceptors (Lipinski definition) is 3. The van der Waals surface area contributed by atoms with Crippen LogP contribution in [-0.4, -0.2) is 61.5 Å². The zero-order valence-electron chi connectivity index (χ0n) is 12.7. The highest BCUT2D eigenvalue weighted by molar-refractivity contribution is 5.80. The van der Waals surface area contributed by atoms with E-state index < -0.39 is 0 Å². The van der Waals surface area contributed by atoms with Gasteiger partial charge < -0.3 is 15.1 Å². The van der Waals surface area contributed by atoms with Gasteiger partial charge in [0, 0.05) is 25.2 Å². The van der Waals surface area contributed by atoms with Crippen LogP contribution >= 0.6 is 0 Å². The molecule has 0 aromatic rings. The Labute approximate surface area is 117 Å². The average molecular weight is 267 g/mol. The van der Waals surface area contributed by atoms with Crippen molar-refractivity contribution in [2.75, 3.05) is 33.7 Å². The molecular weight excluding hydrogens is 238 g/mol. The number of nitrogens with one attached hydrogen (secondary N) is 1. The summed E-state index contributed by atoms with van der Waals surface area (Å²) in [6, 6.07) is 0.844. The lowest BCUT2D eigenvalue weighted by Crippen LogP contribution is -2.47. The highest BCUT2D eigenvalue weighted by Crippen LogP contribution is 2.27. The van der Waals surface area contributed by atoms with E-state index in [1.54, 1.807) is 0 Å². The van der Waals surface area contributed by atoms with Crippen LogP contribution in [0.25, 0.3) is 0 Å². The maximum Gasteiger partial charge on any atom is 0.227 e. The zero-order chi connectivity index (χ0) is 13.8. The fourth-order valence-corrected chi connectivity index (χ4v) is 3.41. The van der Waals surface area contributed by atoms with E-state index in [0.29, 0.717) is 18.0 Å². The van der Waals surface area contributed by atoms with E-state index in [0.717, 1.165) is 26.1 Å². The summed E-state index contributed by atoms with van der Waals surface area (Å²) in [6.45, 7) is 4.99. The van der Waals surface area contributed by atoms with E-state index >= 15 is 0 Å². The second kappa shape index (κ2) is 6.71. The molecule has 1 aliphatic heterocycles. The summed E-state index contributed by atoms with van der Waals surface area (Å²) in [6.07, 6.45) is 5.98. The Morgan fingerprint density at radius 1 is 1.16 bits per heavy atom. The summed E-state index contributed by atoms with van der Waals surface area (Å²) in [7, 11) is 4.16. The standard InChI is InChI=1S/C15H29N3O/c1-12-14(8-9-16-12)15(19)18(11-10-17(2)3)13-6-4-5-7-13/h12-14,16H,4-11H2,1-3H3. The molecule has 1 saturated heterocycles. The Morgan fingerprint density at radius 3 is 2.37 bits per heavy atom. The van der Waals surface area contributed by atoms with Crippen molar-refractivity contribution >= 4 is 5.91 Å². The number of likely N-dealkylation sites (N-methyl/N-ethyl adjacent to an activating group) is 1. The van der Waals surface area contributed by atoms with E-state index in [-0.39, 0.29) is 5.92 Å². The van der Waals surface area contributed by atoms with Gasteiger partial charge in [-0.1, -0.05) is 12.8 Å². The minimum absolute atomic E-state index is 0.197. The molecule has 1 aliphatic carbocycles. The largest absolute Gasteiger partial charge is 0.338 e. The summed E-state index contributed by atoms with van der Waals surface area (Å²) in [5.41, 5.74) is 0. The molecule has 2 unspecified atom stereocenters. The first-order valence-electron chi connectivity index (χ1n) is 7.78. The Balaban J connectivity index is 2.00. The lowest BCUT2D eigenvalue weighted by molar-refractivity contribution is -0.138. The molecule has 0 aromatic carbocycles. The Hall–Kier alpha value is -0.610. The lowest BCUT2D eigenvalue weighted by atomic mass is 9.99. The molecule has 1 N–H and O–H groups in total. The average Bonchev–Trinajstić information content (AvgIpc) is 3.00. The van der Waals surface area contributed by atoms with Crippen LogP contribution < -0.4 is 5.32 Å². The molecule has 2 aliphatic rings. The van der Waals surface area contributed by atoms with Crippen molar-refractivity contribution in [3.05, 3.63) is 0 Å². The summed E-state index contributed by atoms with van der Waals surface area (Å²) in [5.74, 6) is 0.592. The molecule has 2 rings (SSSR count). The fraction of sp³-hybridized carbons (Fsp3) is 0.933. The van der Waals surface area contributed by atoms with Crippen molar-refractivity contribution < 1.29 is 4.79 Å². The van der Waals surface area contributed by atoms with Gasteiger partial charge in [-0.15, -0.1) is 0 Å². The molecule has 0 bridgehead atoms. The fourth-order valence-electron chi connectivity index (χ4n) is 3.41. The number of amides is 1. The highest BCUT2D eigenvalue weighted by Gasteiger charge is 2.35. The maximum absolute atomic E-state index is 12.8. The number of carbonyl (C=O) groups is 1. The predicted octanol–water partition coefficient (Wildman–Crippen LogP) is 1.32. The van der Waals surface area contributed by atoms with Gasteiger partial charge in [0.2, 0.25) is 5.91 Å². The first kappa shape index (κ1) is 14.8. The van der Waals surface area contributed by atoms with Crippen LogP contribution in [0.4, 0.5) is 0 Å². The van der Waals surface area contributed by atoms with Gasteiger partial charge in [-0.05, 0) is 46.8 Å². The summed E-state index contributed by atoms with van der Waals surface area (Å²) in [4.78, 5) is 17.2. The Bertz CT molecular complexity index is 300. The molecule has 19 heavy (non-hydrogen) atoms. The minimum atomic E-state index is 0.197. The third-order valence-corrected chi connectivity index (χ3v) is 4.68. The molecule has 2 atom stereocenters. The number of rotatable bonds is 5. The number of hydrogen-bond donors (Lipinski definition) is 1. The minimum Gasteiger partial charge on any atom is -0.338 e. The zero-order valence-corrected chi connectivity index (χ0v) is 12.7. The molecule has 1 heterocycles. The second-order valence-electron chi connectivity index (χ2n) is 6.41. The number of nitrogens with zero attached hydrogens (tertiary/aromatic N) is 2. The smallest absolute Gasteiger partial charge is 0.227 e. The van der Waals surface area contributed by atoms with Crippen molar-refractivity contribution in [1.82, 2.24) is 15.1 Å². The first-order chi connectivity index (χ1) is 9.09. The summed E-state index contributed by atoms with van der Waals surface area (Å²) >= 11 is 0. The predicted molar refractivity (Wildman–Crippen MR) is 78.1 cm³/mol. The first-order valence-corrected chi connectivity index (χ1v) is 7.78. The molecule has 1 amide bonds. The molecule has 4 heteroatoms. The topological polar surface area (TPSA) is 35.6 Å². The van der Waals surface area contributed by atoms with E-state index in [1.807, 2.05) is 0 Å². The SMILES string of the molecule is CC1NCCC1C(=O)N(CCN(C)C)C1CCCC1. The normalized spacial score (nSPS) is 28.2. The van der Waals surface area contributed by atoms with Crippen molar-refractivity contribution in [3.8, 4) is 0 Å². The van der Waals surface area contributed by atoms with Crippen LogP contribution in [0.1, 0.15) is 39.0 Å². The van der Waals surface area contributed by atoms with Crippen LogP contribution in [-0.2, 0) is 4.79 Å². The van der Waals surface area contributed by atoms with E-state index in [1.165, 1.54) is 25.7 Å². The molecule has 110 valence electrons. The van der Waals surface area contributed by atoms with Crippen LogP contribution in [0.3, 0.4) is 0 Å².